The molecule has 0 amide bonds. The maximum atomic E-state index is 4.81. The molecule has 7 aromatic rings. The van der Waals surface area contributed by atoms with E-state index in [1.54, 1.807) is 0 Å². The molecule has 2 heteroatoms. The van der Waals surface area contributed by atoms with Crippen molar-refractivity contribution in [3.63, 3.8) is 0 Å². The number of hydrogen-bond donors (Lipinski definition) is 0. The Morgan fingerprint density at radius 2 is 1.07 bits per heavy atom. The summed E-state index contributed by atoms with van der Waals surface area (Å²) in [5.41, 5.74) is 9.64. The Labute approximate surface area is 253 Å². The first kappa shape index (κ1) is 26.7. The molecule has 0 aliphatic carbocycles. The number of imidazole rings is 1. The minimum atomic E-state index is 0.803. The molecular weight excluding hydrogens is 520 g/mol. The highest BCUT2D eigenvalue weighted by Gasteiger charge is 2.16. The number of rotatable bonds is 7. The first-order chi connectivity index (χ1) is 21.2. The average molecular weight is 555 g/mol. The summed E-state index contributed by atoms with van der Waals surface area (Å²) in [7, 11) is 0. The van der Waals surface area contributed by atoms with E-state index in [9.17, 15) is 0 Å². The van der Waals surface area contributed by atoms with Crippen LogP contribution < -0.4 is 0 Å². The van der Waals surface area contributed by atoms with Crippen molar-refractivity contribution in [1.29, 1.82) is 0 Å². The van der Waals surface area contributed by atoms with Crippen molar-refractivity contribution in [3.05, 3.63) is 151 Å². The summed E-state index contributed by atoms with van der Waals surface area (Å²) in [6.45, 7) is 5.04. The fourth-order valence-electron chi connectivity index (χ4n) is 6.30. The van der Waals surface area contributed by atoms with Crippen LogP contribution in [0.15, 0.2) is 146 Å². The van der Waals surface area contributed by atoms with E-state index >= 15 is 0 Å². The molecule has 0 radical (unpaired) electrons. The highest BCUT2D eigenvalue weighted by atomic mass is 15.1. The molecule has 6 aromatic carbocycles. The van der Waals surface area contributed by atoms with Gasteiger partial charge in [0.15, 0.2) is 0 Å². The Balaban J connectivity index is 1.32. The number of benzene rings is 6. The van der Waals surface area contributed by atoms with Crippen molar-refractivity contribution in [2.75, 3.05) is 0 Å². The lowest BCUT2D eigenvalue weighted by Crippen LogP contribution is -1.97. The molecule has 0 N–H and O–H groups in total. The molecular formula is C41H34N2. The summed E-state index contributed by atoms with van der Waals surface area (Å²) in [5.74, 6) is 1.03. The third-order valence-electron chi connectivity index (χ3n) is 8.35. The highest BCUT2D eigenvalue weighted by molar-refractivity contribution is 6.21. The Morgan fingerprint density at radius 1 is 0.558 bits per heavy atom. The number of nitrogens with zero attached hydrogens (tertiary/aromatic N) is 2. The van der Waals surface area contributed by atoms with Crippen LogP contribution in [0.4, 0.5) is 0 Å². The van der Waals surface area contributed by atoms with Crippen LogP contribution in [0.3, 0.4) is 0 Å². The largest absolute Gasteiger partial charge is 0.324 e. The van der Waals surface area contributed by atoms with Crippen LogP contribution >= 0.6 is 0 Å². The minimum absolute atomic E-state index is 0.803. The van der Waals surface area contributed by atoms with Gasteiger partial charge in [-0.15, -0.1) is 0 Å². The van der Waals surface area contributed by atoms with E-state index in [-0.39, 0.29) is 0 Å². The minimum Gasteiger partial charge on any atom is -0.324 e. The molecule has 0 unspecified atom stereocenters. The van der Waals surface area contributed by atoms with Crippen LogP contribution in [0.5, 0.6) is 0 Å². The van der Waals surface area contributed by atoms with Gasteiger partial charge in [-0.25, -0.2) is 4.98 Å². The molecule has 43 heavy (non-hydrogen) atoms. The summed E-state index contributed by atoms with van der Waals surface area (Å²) in [5, 5.41) is 5.10. The van der Waals surface area contributed by atoms with Crippen LogP contribution in [0, 0.1) is 6.92 Å². The molecule has 0 spiro atoms. The van der Waals surface area contributed by atoms with Gasteiger partial charge in [-0.05, 0) is 80.4 Å². The standard InChI is InChI=1S/C41H34N2/c1-3-4-5-6-14-27-43-29(2)42-38-26-25-33(28-39(38)43)30-21-23-32(24-22-30)41-36-19-12-10-17-34(36)40(31-15-8-7-9-16-31)35-18-11-13-20-37(35)41/h4-26,28H,3,27H2,1-2H3/b5-4-,14-6-. The fourth-order valence-corrected chi connectivity index (χ4v) is 6.30. The summed E-state index contributed by atoms with van der Waals surface area (Å²) in [4.78, 5) is 4.81. The highest BCUT2D eigenvalue weighted by Crippen LogP contribution is 2.43. The van der Waals surface area contributed by atoms with Crippen molar-refractivity contribution in [2.45, 2.75) is 26.8 Å². The van der Waals surface area contributed by atoms with Gasteiger partial charge in [-0.1, -0.05) is 140 Å². The summed E-state index contributed by atoms with van der Waals surface area (Å²) in [6.07, 6.45) is 9.64. The zero-order valence-electron chi connectivity index (χ0n) is 24.7. The van der Waals surface area contributed by atoms with Gasteiger partial charge >= 0.3 is 0 Å². The molecule has 0 bridgehead atoms. The molecule has 0 atom stereocenters. The molecule has 0 fully saturated rings. The van der Waals surface area contributed by atoms with Gasteiger partial charge in [0, 0.05) is 6.54 Å². The average Bonchev–Trinajstić information content (AvgIpc) is 3.37. The topological polar surface area (TPSA) is 17.8 Å². The third-order valence-corrected chi connectivity index (χ3v) is 8.35. The van der Waals surface area contributed by atoms with Gasteiger partial charge in [0.1, 0.15) is 5.82 Å². The van der Waals surface area contributed by atoms with E-state index < -0.39 is 0 Å². The number of fused-ring (bicyclic) bond motifs is 3. The Bertz CT molecular complexity index is 2070. The maximum absolute atomic E-state index is 4.81. The van der Waals surface area contributed by atoms with E-state index in [0.717, 1.165) is 29.8 Å². The van der Waals surface area contributed by atoms with Gasteiger partial charge in [-0.3, -0.25) is 0 Å². The predicted molar refractivity (Wildman–Crippen MR) is 184 cm³/mol. The molecule has 1 heterocycles. The summed E-state index contributed by atoms with van der Waals surface area (Å²) >= 11 is 0. The van der Waals surface area contributed by atoms with Crippen molar-refractivity contribution in [2.24, 2.45) is 0 Å². The molecule has 208 valence electrons. The van der Waals surface area contributed by atoms with Gasteiger partial charge in [0.05, 0.1) is 11.0 Å². The summed E-state index contributed by atoms with van der Waals surface area (Å²) in [6, 6.07) is 44.1. The van der Waals surface area contributed by atoms with Crippen molar-refractivity contribution < 1.29 is 0 Å². The van der Waals surface area contributed by atoms with Crippen LogP contribution in [-0.2, 0) is 6.54 Å². The number of hydrogen-bond acceptors (Lipinski definition) is 1. The summed E-state index contributed by atoms with van der Waals surface area (Å²) < 4.78 is 2.29. The zero-order chi connectivity index (χ0) is 29.2. The van der Waals surface area contributed by atoms with Crippen molar-refractivity contribution >= 4 is 32.6 Å². The first-order valence-corrected chi connectivity index (χ1v) is 15.1. The van der Waals surface area contributed by atoms with Gasteiger partial charge < -0.3 is 4.57 Å². The molecule has 7 rings (SSSR count). The van der Waals surface area contributed by atoms with Gasteiger partial charge in [0.2, 0.25) is 0 Å². The van der Waals surface area contributed by atoms with Crippen LogP contribution in [0.1, 0.15) is 19.2 Å². The van der Waals surface area contributed by atoms with Crippen LogP contribution in [-0.4, -0.2) is 9.55 Å². The van der Waals surface area contributed by atoms with Crippen LogP contribution in [0.2, 0.25) is 0 Å². The quantitative estimate of drug-likeness (QED) is 0.141. The molecule has 0 aliphatic heterocycles. The molecule has 0 saturated carbocycles. The second-order valence-electron chi connectivity index (χ2n) is 11.0. The molecule has 1 aromatic heterocycles. The van der Waals surface area contributed by atoms with E-state index in [4.69, 9.17) is 4.98 Å². The number of aryl methyl sites for hydroxylation is 1. The molecule has 0 saturated heterocycles. The SMILES string of the molecule is CC/C=C\C=C/Cn1c(C)nc2ccc(-c3ccc(-c4c5ccccc5c(-c5ccccc5)c5ccccc45)cc3)cc21. The lowest BCUT2D eigenvalue weighted by Gasteiger charge is -2.18. The second-order valence-corrected chi connectivity index (χ2v) is 11.0. The predicted octanol–water partition coefficient (Wildman–Crippen LogP) is 11.2. The smallest absolute Gasteiger partial charge is 0.107 e. The molecule has 2 nitrogen and oxygen atoms in total. The lowest BCUT2D eigenvalue weighted by atomic mass is 9.86. The fraction of sp³-hybridized carbons (Fsp3) is 0.0976. The van der Waals surface area contributed by atoms with E-state index in [2.05, 4.69) is 164 Å². The van der Waals surface area contributed by atoms with E-state index in [1.807, 2.05) is 0 Å². The maximum Gasteiger partial charge on any atom is 0.107 e. The number of aromatic nitrogens is 2. The monoisotopic (exact) mass is 554 g/mol. The normalized spacial score (nSPS) is 12.0. The van der Waals surface area contributed by atoms with E-state index in [0.29, 0.717) is 0 Å². The van der Waals surface area contributed by atoms with Gasteiger partial charge in [0.25, 0.3) is 0 Å². The van der Waals surface area contributed by atoms with Crippen molar-refractivity contribution in [3.8, 4) is 33.4 Å². The number of allylic oxidation sites excluding steroid dienone is 4. The molecule has 0 aliphatic rings. The first-order valence-electron chi connectivity index (χ1n) is 15.1. The van der Waals surface area contributed by atoms with Gasteiger partial charge in [-0.2, -0.15) is 0 Å². The third kappa shape index (κ3) is 4.96. The Kier molecular flexibility index (Phi) is 7.18. The van der Waals surface area contributed by atoms with E-state index in [1.165, 1.54) is 54.9 Å². The van der Waals surface area contributed by atoms with Crippen LogP contribution in [0.25, 0.3) is 66.0 Å². The van der Waals surface area contributed by atoms with Crippen molar-refractivity contribution in [1.82, 2.24) is 9.55 Å². The Hall–Kier alpha value is -5.21. The zero-order valence-corrected chi connectivity index (χ0v) is 24.7. The Morgan fingerprint density at radius 3 is 1.67 bits per heavy atom. The second kappa shape index (κ2) is 11.6. The lowest BCUT2D eigenvalue weighted by molar-refractivity contribution is 0.806.